The number of rotatable bonds is 3. The van der Waals surface area contributed by atoms with Crippen LogP contribution in [0.3, 0.4) is 0 Å². The predicted molar refractivity (Wildman–Crippen MR) is 79.7 cm³/mol. The van der Waals surface area contributed by atoms with Crippen molar-refractivity contribution in [1.29, 1.82) is 0 Å². The minimum atomic E-state index is 0. The second-order valence-corrected chi connectivity index (χ2v) is 4.19. The van der Waals surface area contributed by atoms with Gasteiger partial charge in [-0.1, -0.05) is 19.4 Å². The third-order valence-electron chi connectivity index (χ3n) is 1.92. The van der Waals surface area contributed by atoms with Crippen molar-refractivity contribution >= 4 is 33.4 Å². The fourth-order valence-corrected chi connectivity index (χ4v) is 1.71. The summed E-state index contributed by atoms with van der Waals surface area (Å²) in [6, 6.07) is 5.72. The highest BCUT2D eigenvalue weighted by molar-refractivity contribution is 8.93. The van der Waals surface area contributed by atoms with Gasteiger partial charge in [-0.15, -0.1) is 28.3 Å². The topological polar surface area (TPSA) is 51.8 Å². The minimum Gasteiger partial charge on any atom is -0.375 e. The maximum atomic E-state index is 5.46. The monoisotopic (exact) mass is 315 g/mol. The minimum absolute atomic E-state index is 0. The number of hydrogen-bond acceptors (Lipinski definition) is 4. The smallest absolute Gasteiger partial charge is 0.180 e. The van der Waals surface area contributed by atoms with E-state index in [1.807, 2.05) is 23.6 Å². The van der Waals surface area contributed by atoms with E-state index in [0.717, 1.165) is 12.1 Å². The van der Waals surface area contributed by atoms with E-state index in [9.17, 15) is 0 Å². The molecule has 0 radical (unpaired) electrons. The molecule has 0 spiro atoms. The Morgan fingerprint density at radius 1 is 1.24 bits per heavy atom. The highest BCUT2D eigenvalue weighted by Crippen LogP contribution is 2.12. The lowest BCUT2D eigenvalue weighted by atomic mass is 10.2. The number of halogens is 1. The Morgan fingerprint density at radius 2 is 1.94 bits per heavy atom. The zero-order chi connectivity index (χ0) is 11.6. The number of unbranched alkanes of at least 4 members (excludes halogenated alkanes) is 1. The predicted octanol–water partition coefficient (Wildman–Crippen LogP) is 3.73. The highest BCUT2D eigenvalue weighted by atomic mass is 79.9. The Labute approximate surface area is 117 Å². The van der Waals surface area contributed by atoms with Gasteiger partial charge >= 0.3 is 0 Å². The molecular formula is C12H18BrN3S. The molecule has 0 saturated heterocycles. The van der Waals surface area contributed by atoms with Gasteiger partial charge in [0.2, 0.25) is 0 Å². The molecular weight excluding hydrogens is 298 g/mol. The second-order valence-electron chi connectivity index (χ2n) is 3.31. The van der Waals surface area contributed by atoms with Gasteiger partial charge < -0.3 is 5.73 Å². The van der Waals surface area contributed by atoms with E-state index < -0.39 is 0 Å². The van der Waals surface area contributed by atoms with Crippen molar-refractivity contribution in [2.24, 2.45) is 0 Å². The number of aromatic nitrogens is 2. The number of pyridine rings is 1. The summed E-state index contributed by atoms with van der Waals surface area (Å²) in [5.74, 6) is 0. The molecule has 5 heteroatoms. The third kappa shape index (κ3) is 7.88. The second kappa shape index (κ2) is 10.2. The maximum Gasteiger partial charge on any atom is 0.180 e. The molecule has 2 aromatic rings. The summed E-state index contributed by atoms with van der Waals surface area (Å²) in [7, 11) is 0. The third-order valence-corrected chi connectivity index (χ3v) is 2.65. The lowest BCUT2D eigenvalue weighted by molar-refractivity contribution is 0.782. The summed E-state index contributed by atoms with van der Waals surface area (Å²) in [5, 5.41) is 2.72. The Balaban J connectivity index is 0.000000316. The quantitative estimate of drug-likeness (QED) is 0.939. The van der Waals surface area contributed by atoms with Gasteiger partial charge in [-0.2, -0.15) is 0 Å². The molecule has 0 aliphatic carbocycles. The van der Waals surface area contributed by atoms with Gasteiger partial charge in [0.1, 0.15) is 0 Å². The van der Waals surface area contributed by atoms with Crippen LogP contribution in [-0.4, -0.2) is 9.97 Å². The summed E-state index contributed by atoms with van der Waals surface area (Å²) < 4.78 is 0. The molecule has 2 N–H and O–H groups in total. The summed E-state index contributed by atoms with van der Waals surface area (Å²) in [5.41, 5.74) is 6.60. The molecule has 0 aromatic carbocycles. The van der Waals surface area contributed by atoms with Crippen LogP contribution in [0.1, 0.15) is 25.5 Å². The largest absolute Gasteiger partial charge is 0.375 e. The van der Waals surface area contributed by atoms with Crippen LogP contribution in [0.25, 0.3) is 0 Å². The molecule has 0 bridgehead atoms. The molecule has 3 nitrogen and oxygen atoms in total. The molecule has 94 valence electrons. The normalized spacial score (nSPS) is 8.76. The number of nitrogen functional groups attached to an aromatic ring is 1. The molecule has 2 heterocycles. The van der Waals surface area contributed by atoms with E-state index >= 15 is 0 Å². The molecule has 0 saturated carbocycles. The Bertz CT molecular complexity index is 352. The van der Waals surface area contributed by atoms with E-state index in [1.165, 1.54) is 24.2 Å². The van der Waals surface area contributed by atoms with Gasteiger partial charge in [0, 0.05) is 17.8 Å². The number of hydrogen-bond donors (Lipinski definition) is 1. The zero-order valence-electron chi connectivity index (χ0n) is 9.87. The molecule has 0 amide bonds. The first-order chi connectivity index (χ1) is 7.83. The first-order valence-corrected chi connectivity index (χ1v) is 6.25. The lowest BCUT2D eigenvalue weighted by Gasteiger charge is -1.90. The summed E-state index contributed by atoms with van der Waals surface area (Å²) >= 11 is 1.52. The fourth-order valence-electron chi connectivity index (χ4n) is 1.11. The molecule has 17 heavy (non-hydrogen) atoms. The van der Waals surface area contributed by atoms with Crippen molar-refractivity contribution in [2.45, 2.75) is 26.2 Å². The summed E-state index contributed by atoms with van der Waals surface area (Å²) in [6.45, 7) is 2.18. The van der Waals surface area contributed by atoms with E-state index in [-0.39, 0.29) is 17.0 Å². The van der Waals surface area contributed by atoms with E-state index in [1.54, 1.807) is 12.4 Å². The zero-order valence-corrected chi connectivity index (χ0v) is 12.4. The number of nitrogens with two attached hydrogens (primary N) is 1. The van der Waals surface area contributed by atoms with E-state index in [0.29, 0.717) is 5.13 Å². The van der Waals surface area contributed by atoms with Crippen LogP contribution in [0.5, 0.6) is 0 Å². The molecule has 2 aromatic heterocycles. The van der Waals surface area contributed by atoms with Crippen LogP contribution in [0.15, 0.2) is 36.0 Å². The SMILES string of the molecule is Br.CCCCc1csc(N)n1.c1ccncc1. The van der Waals surface area contributed by atoms with Crippen LogP contribution < -0.4 is 5.73 Å². The molecule has 0 aliphatic heterocycles. The Morgan fingerprint density at radius 3 is 2.29 bits per heavy atom. The summed E-state index contributed by atoms with van der Waals surface area (Å²) in [6.07, 6.45) is 7.00. The van der Waals surface area contributed by atoms with E-state index in [4.69, 9.17) is 5.73 Å². The summed E-state index contributed by atoms with van der Waals surface area (Å²) in [4.78, 5) is 7.93. The fraction of sp³-hybridized carbons (Fsp3) is 0.333. The number of thiazole rings is 1. The standard InChI is InChI=1S/C7H12N2S.C5H5N.BrH/c1-2-3-4-6-5-10-7(8)9-6;1-2-4-6-5-3-1;/h5H,2-4H2,1H3,(H2,8,9);1-5H;1H. The van der Waals surface area contributed by atoms with Crippen molar-refractivity contribution in [1.82, 2.24) is 9.97 Å². The Hall–Kier alpha value is -0.940. The van der Waals surface area contributed by atoms with Crippen molar-refractivity contribution in [3.05, 3.63) is 41.7 Å². The van der Waals surface area contributed by atoms with Crippen molar-refractivity contribution < 1.29 is 0 Å². The number of aryl methyl sites for hydroxylation is 1. The first-order valence-electron chi connectivity index (χ1n) is 5.37. The first kappa shape index (κ1) is 16.1. The van der Waals surface area contributed by atoms with Crippen LogP contribution in [-0.2, 0) is 6.42 Å². The molecule has 0 atom stereocenters. The van der Waals surface area contributed by atoms with Gasteiger partial charge in [0.05, 0.1) is 5.69 Å². The average Bonchev–Trinajstić information content (AvgIpc) is 2.76. The lowest BCUT2D eigenvalue weighted by Crippen LogP contribution is -1.86. The van der Waals surface area contributed by atoms with Crippen molar-refractivity contribution in [3.8, 4) is 0 Å². The van der Waals surface area contributed by atoms with Crippen molar-refractivity contribution in [2.75, 3.05) is 5.73 Å². The van der Waals surface area contributed by atoms with Crippen molar-refractivity contribution in [3.63, 3.8) is 0 Å². The van der Waals surface area contributed by atoms with Gasteiger partial charge in [-0.05, 0) is 25.0 Å². The molecule has 0 fully saturated rings. The Kier molecular flexibility index (Phi) is 9.66. The number of nitrogens with zero attached hydrogens (tertiary/aromatic N) is 2. The molecule has 0 aliphatic rings. The van der Waals surface area contributed by atoms with Crippen LogP contribution >= 0.6 is 28.3 Å². The highest BCUT2D eigenvalue weighted by Gasteiger charge is 1.95. The van der Waals surface area contributed by atoms with Crippen LogP contribution in [0.4, 0.5) is 5.13 Å². The van der Waals surface area contributed by atoms with Crippen LogP contribution in [0, 0.1) is 0 Å². The molecule has 2 rings (SSSR count). The molecule has 0 unspecified atom stereocenters. The van der Waals surface area contributed by atoms with Gasteiger partial charge in [-0.25, -0.2) is 4.98 Å². The van der Waals surface area contributed by atoms with Gasteiger partial charge in [0.15, 0.2) is 5.13 Å². The maximum absolute atomic E-state index is 5.46. The van der Waals surface area contributed by atoms with Gasteiger partial charge in [-0.3, -0.25) is 4.98 Å². The van der Waals surface area contributed by atoms with E-state index in [2.05, 4.69) is 16.9 Å². The average molecular weight is 316 g/mol. The van der Waals surface area contributed by atoms with Gasteiger partial charge in [0.25, 0.3) is 0 Å². The van der Waals surface area contributed by atoms with Crippen LogP contribution in [0.2, 0.25) is 0 Å². The number of anilines is 1.